The van der Waals surface area contributed by atoms with Gasteiger partial charge in [0.05, 0.1) is 5.69 Å². The van der Waals surface area contributed by atoms with Crippen molar-refractivity contribution in [3.8, 4) is 17.0 Å². The average molecular weight is 453 g/mol. The Morgan fingerprint density at radius 1 is 1.03 bits per heavy atom. The lowest BCUT2D eigenvalue weighted by Crippen LogP contribution is -2.42. The van der Waals surface area contributed by atoms with Gasteiger partial charge in [0.15, 0.2) is 11.9 Å². The van der Waals surface area contributed by atoms with Gasteiger partial charge in [-0.3, -0.25) is 9.89 Å². The summed E-state index contributed by atoms with van der Waals surface area (Å²) in [5.41, 5.74) is 4.68. The normalized spacial score (nSPS) is 15.4. The molecule has 7 heteroatoms. The number of hydrogen-bond donors (Lipinski definition) is 1. The smallest absolute Gasteiger partial charge is 0.263 e. The van der Waals surface area contributed by atoms with Gasteiger partial charge in [0.2, 0.25) is 0 Å². The molecule has 2 heterocycles. The molecular formula is C25H29ClN4O2. The van der Waals surface area contributed by atoms with Crippen LogP contribution in [0.1, 0.15) is 24.5 Å². The van der Waals surface area contributed by atoms with E-state index in [1.54, 1.807) is 31.2 Å². The summed E-state index contributed by atoms with van der Waals surface area (Å²) in [5.74, 6) is 1.56. The molecule has 1 amide bonds. The number of carbonyl (C=O) groups excluding carboxylic acids is 1. The molecule has 0 spiro atoms. The van der Waals surface area contributed by atoms with Crippen LogP contribution in [0.15, 0.2) is 48.5 Å². The van der Waals surface area contributed by atoms with E-state index in [0.717, 1.165) is 36.6 Å². The zero-order valence-electron chi connectivity index (χ0n) is 18.8. The molecule has 32 heavy (non-hydrogen) atoms. The van der Waals surface area contributed by atoms with Gasteiger partial charge in [-0.15, -0.1) is 0 Å². The Morgan fingerprint density at radius 2 is 1.81 bits per heavy atom. The van der Waals surface area contributed by atoms with Crippen molar-refractivity contribution in [2.45, 2.75) is 33.3 Å². The zero-order valence-corrected chi connectivity index (χ0v) is 19.5. The van der Waals surface area contributed by atoms with Crippen LogP contribution >= 0.6 is 11.6 Å². The highest BCUT2D eigenvalue weighted by molar-refractivity contribution is 6.30. The number of benzene rings is 2. The first-order chi connectivity index (χ1) is 15.4. The van der Waals surface area contributed by atoms with Crippen LogP contribution in [0.25, 0.3) is 11.3 Å². The van der Waals surface area contributed by atoms with E-state index in [2.05, 4.69) is 53.2 Å². The summed E-state index contributed by atoms with van der Waals surface area (Å²) in [5, 5.41) is 8.35. The maximum atomic E-state index is 12.9. The Balaban J connectivity index is 1.37. The fraction of sp³-hybridized carbons (Fsp3) is 0.360. The zero-order chi connectivity index (χ0) is 22.7. The summed E-state index contributed by atoms with van der Waals surface area (Å²) < 4.78 is 5.83. The lowest BCUT2D eigenvalue weighted by Gasteiger charge is -2.25. The van der Waals surface area contributed by atoms with Gasteiger partial charge >= 0.3 is 0 Å². The largest absolute Gasteiger partial charge is 0.481 e. The topological polar surface area (TPSA) is 61.5 Å². The number of nitrogens with one attached hydrogen (secondary N) is 1. The molecular weight excluding hydrogens is 424 g/mol. The number of nitrogens with zero attached hydrogens (tertiary/aromatic N) is 3. The van der Waals surface area contributed by atoms with Crippen molar-refractivity contribution in [1.82, 2.24) is 15.1 Å². The molecule has 4 rings (SSSR count). The summed E-state index contributed by atoms with van der Waals surface area (Å²) >= 11 is 5.92. The molecule has 1 saturated heterocycles. The Morgan fingerprint density at radius 3 is 2.56 bits per heavy atom. The maximum absolute atomic E-state index is 12.9. The molecule has 0 aliphatic carbocycles. The van der Waals surface area contributed by atoms with Crippen LogP contribution in [0.5, 0.6) is 5.75 Å². The number of anilines is 1. The van der Waals surface area contributed by atoms with Crippen molar-refractivity contribution in [3.63, 3.8) is 0 Å². The number of aryl methyl sites for hydroxylation is 2. The van der Waals surface area contributed by atoms with E-state index < -0.39 is 6.10 Å². The van der Waals surface area contributed by atoms with E-state index >= 15 is 0 Å². The monoisotopic (exact) mass is 452 g/mol. The molecule has 168 valence electrons. The summed E-state index contributed by atoms with van der Waals surface area (Å²) in [7, 11) is 0. The molecule has 1 N–H and O–H groups in total. The van der Waals surface area contributed by atoms with E-state index in [1.165, 1.54) is 11.1 Å². The Labute approximate surface area is 194 Å². The number of carbonyl (C=O) groups is 1. The summed E-state index contributed by atoms with van der Waals surface area (Å²) in [6.45, 7) is 8.96. The van der Waals surface area contributed by atoms with Crippen LogP contribution in [0.3, 0.4) is 0 Å². The van der Waals surface area contributed by atoms with Gasteiger partial charge in [0, 0.05) is 37.3 Å². The van der Waals surface area contributed by atoms with E-state index in [9.17, 15) is 4.79 Å². The van der Waals surface area contributed by atoms with Crippen LogP contribution in [0, 0.1) is 13.8 Å². The molecule has 2 aromatic carbocycles. The van der Waals surface area contributed by atoms with Gasteiger partial charge in [0.25, 0.3) is 5.91 Å². The van der Waals surface area contributed by atoms with Crippen LogP contribution < -0.4 is 9.64 Å². The minimum absolute atomic E-state index is 0.000326. The number of hydrogen-bond acceptors (Lipinski definition) is 4. The highest BCUT2D eigenvalue weighted by Gasteiger charge is 2.25. The number of rotatable bonds is 5. The molecule has 0 saturated carbocycles. The third kappa shape index (κ3) is 5.07. The molecule has 1 aromatic heterocycles. The second-order valence-electron chi connectivity index (χ2n) is 8.32. The quantitative estimate of drug-likeness (QED) is 0.601. The number of aromatic amines is 1. The number of H-pyrrole nitrogens is 1. The van der Waals surface area contributed by atoms with Crippen LogP contribution in [0.2, 0.25) is 5.02 Å². The van der Waals surface area contributed by atoms with Crippen molar-refractivity contribution >= 4 is 23.3 Å². The third-order valence-corrected chi connectivity index (χ3v) is 6.24. The Hall–Kier alpha value is -2.99. The van der Waals surface area contributed by atoms with Crippen molar-refractivity contribution < 1.29 is 9.53 Å². The van der Waals surface area contributed by atoms with Crippen molar-refractivity contribution in [1.29, 1.82) is 0 Å². The molecule has 1 aliphatic heterocycles. The number of ether oxygens (including phenoxy) is 1. The van der Waals surface area contributed by atoms with Crippen molar-refractivity contribution in [2.24, 2.45) is 0 Å². The van der Waals surface area contributed by atoms with E-state index in [-0.39, 0.29) is 5.91 Å². The van der Waals surface area contributed by atoms with Gasteiger partial charge in [-0.1, -0.05) is 23.7 Å². The summed E-state index contributed by atoms with van der Waals surface area (Å²) in [4.78, 5) is 17.1. The minimum atomic E-state index is -0.551. The van der Waals surface area contributed by atoms with Gasteiger partial charge in [-0.05, 0) is 74.2 Å². The Kier molecular flexibility index (Phi) is 6.70. The highest BCUT2D eigenvalue weighted by atomic mass is 35.5. The molecule has 0 bridgehead atoms. The molecule has 1 atom stereocenters. The third-order valence-electron chi connectivity index (χ3n) is 5.99. The number of halogens is 1. The molecule has 0 unspecified atom stereocenters. The summed E-state index contributed by atoms with van der Waals surface area (Å²) in [6.07, 6.45) is 0.329. The fourth-order valence-corrected chi connectivity index (χ4v) is 4.05. The van der Waals surface area contributed by atoms with Gasteiger partial charge in [-0.2, -0.15) is 5.10 Å². The van der Waals surface area contributed by atoms with Gasteiger partial charge in [-0.25, -0.2) is 0 Å². The van der Waals surface area contributed by atoms with Crippen molar-refractivity contribution in [3.05, 3.63) is 64.7 Å². The SMILES string of the molecule is Cc1ccc(-c2cc(N3CCCN(C(=O)[C@@H](C)Oc4ccc(Cl)cc4)CC3)n[nH]2)cc1C. The predicted octanol–water partition coefficient (Wildman–Crippen LogP) is 4.85. The molecule has 3 aromatic rings. The molecule has 1 fully saturated rings. The predicted molar refractivity (Wildman–Crippen MR) is 128 cm³/mol. The van der Waals surface area contributed by atoms with E-state index in [4.69, 9.17) is 16.3 Å². The minimum Gasteiger partial charge on any atom is -0.481 e. The Bertz CT molecular complexity index is 1080. The van der Waals surface area contributed by atoms with Crippen LogP contribution in [-0.2, 0) is 4.79 Å². The standard InChI is InChI=1S/C25H29ClN4O2/c1-17-5-6-20(15-18(17)2)23-16-24(28-27-23)29-11-4-12-30(14-13-29)25(31)19(3)32-22-9-7-21(26)8-10-22/h5-10,15-16,19H,4,11-14H2,1-3H3,(H,27,28)/t19-/m1/s1. The first-order valence-corrected chi connectivity index (χ1v) is 11.4. The second kappa shape index (κ2) is 9.65. The highest BCUT2D eigenvalue weighted by Crippen LogP contribution is 2.25. The summed E-state index contributed by atoms with van der Waals surface area (Å²) in [6, 6.07) is 15.6. The van der Waals surface area contributed by atoms with E-state index in [0.29, 0.717) is 23.9 Å². The molecule has 6 nitrogen and oxygen atoms in total. The average Bonchev–Trinajstić information content (AvgIpc) is 3.15. The lowest BCUT2D eigenvalue weighted by molar-refractivity contribution is -0.137. The van der Waals surface area contributed by atoms with Crippen molar-refractivity contribution in [2.75, 3.05) is 31.1 Å². The van der Waals surface area contributed by atoms with E-state index in [1.807, 2.05) is 4.90 Å². The number of amides is 1. The second-order valence-corrected chi connectivity index (χ2v) is 8.76. The van der Waals surface area contributed by atoms with Crippen LogP contribution in [0.4, 0.5) is 5.82 Å². The first-order valence-electron chi connectivity index (χ1n) is 11.0. The molecule has 1 aliphatic rings. The first kappa shape index (κ1) is 22.2. The van der Waals surface area contributed by atoms with Gasteiger partial charge in [0.1, 0.15) is 5.75 Å². The number of aromatic nitrogens is 2. The lowest BCUT2D eigenvalue weighted by atomic mass is 10.0. The molecule has 0 radical (unpaired) electrons. The fourth-order valence-electron chi connectivity index (χ4n) is 3.92. The van der Waals surface area contributed by atoms with Crippen LogP contribution in [-0.4, -0.2) is 53.3 Å². The van der Waals surface area contributed by atoms with Gasteiger partial charge < -0.3 is 14.5 Å². The maximum Gasteiger partial charge on any atom is 0.263 e.